The van der Waals surface area contributed by atoms with Crippen molar-refractivity contribution in [1.82, 2.24) is 4.98 Å². The minimum absolute atomic E-state index is 0.0468. The lowest BCUT2D eigenvalue weighted by atomic mass is 10.2. The van der Waals surface area contributed by atoms with Crippen molar-refractivity contribution in [2.75, 3.05) is 25.1 Å². The van der Waals surface area contributed by atoms with E-state index in [9.17, 15) is 9.18 Å². The van der Waals surface area contributed by atoms with Crippen LogP contribution in [-0.4, -0.2) is 43.0 Å². The molecule has 1 fully saturated rings. The van der Waals surface area contributed by atoms with Gasteiger partial charge in [-0.1, -0.05) is 11.6 Å². The molecule has 0 unspecified atom stereocenters. The van der Waals surface area contributed by atoms with Gasteiger partial charge in [0.25, 0.3) is 0 Å². The van der Waals surface area contributed by atoms with Gasteiger partial charge in [0.1, 0.15) is 16.9 Å². The molecule has 1 N–H and O–H groups in total. The van der Waals surface area contributed by atoms with E-state index in [2.05, 4.69) is 10.3 Å². The third kappa shape index (κ3) is 3.33. The summed E-state index contributed by atoms with van der Waals surface area (Å²) in [7, 11) is 0. The number of ether oxygens (including phenoxy) is 2. The van der Waals surface area contributed by atoms with Gasteiger partial charge >= 0.3 is 5.97 Å². The maximum Gasteiger partial charge on any atom is 0.341 e. The molecule has 0 amide bonds. The number of nitrogens with one attached hydrogen (secondary N) is 1. The van der Waals surface area contributed by atoms with Crippen LogP contribution in [0.4, 0.5) is 10.1 Å². The van der Waals surface area contributed by atoms with E-state index in [1.54, 1.807) is 6.92 Å². The van der Waals surface area contributed by atoms with Crippen LogP contribution in [0.25, 0.3) is 0 Å². The maximum absolute atomic E-state index is 13.5. The zero-order valence-electron chi connectivity index (χ0n) is 10.4. The van der Waals surface area contributed by atoms with Gasteiger partial charge in [0, 0.05) is 6.20 Å². The minimum atomic E-state index is -1.12. The molecule has 2 rings (SSSR count). The number of nitrogens with zero attached hydrogens (tertiary/aromatic N) is 1. The van der Waals surface area contributed by atoms with Gasteiger partial charge in [-0.15, -0.1) is 0 Å². The van der Waals surface area contributed by atoms with E-state index in [-0.39, 0.29) is 30.5 Å². The zero-order chi connectivity index (χ0) is 13.8. The number of anilines is 1. The number of hydrogen-bond donors (Lipinski definition) is 1. The number of alkyl halides is 1. The van der Waals surface area contributed by atoms with Crippen molar-refractivity contribution in [3.05, 3.63) is 23.0 Å². The summed E-state index contributed by atoms with van der Waals surface area (Å²) in [5, 5.41) is 3.13. The third-order valence-electron chi connectivity index (χ3n) is 2.72. The summed E-state index contributed by atoms with van der Waals surface area (Å²) in [6.45, 7) is 2.24. The molecule has 0 bridgehead atoms. The molecule has 0 radical (unpaired) electrons. The molecule has 104 valence electrons. The SMILES string of the molecule is CCOC(=O)c1cnc(Cl)cc1N[C@@H]1COC[C@H]1F. The Labute approximate surface area is 115 Å². The average molecular weight is 289 g/mol. The molecule has 1 saturated heterocycles. The van der Waals surface area contributed by atoms with E-state index in [0.29, 0.717) is 5.69 Å². The van der Waals surface area contributed by atoms with Gasteiger partial charge in [-0.25, -0.2) is 14.2 Å². The quantitative estimate of drug-likeness (QED) is 0.679. The summed E-state index contributed by atoms with van der Waals surface area (Å²) in [6, 6.07) is 0.963. The van der Waals surface area contributed by atoms with Crippen LogP contribution in [0.15, 0.2) is 12.3 Å². The van der Waals surface area contributed by atoms with Crippen molar-refractivity contribution in [1.29, 1.82) is 0 Å². The third-order valence-corrected chi connectivity index (χ3v) is 2.92. The first kappa shape index (κ1) is 14.0. The molecule has 2 atom stereocenters. The summed E-state index contributed by atoms with van der Waals surface area (Å²) in [5.74, 6) is -0.525. The van der Waals surface area contributed by atoms with Crippen LogP contribution in [0.3, 0.4) is 0 Å². The van der Waals surface area contributed by atoms with Crippen molar-refractivity contribution >= 4 is 23.3 Å². The highest BCUT2D eigenvalue weighted by Crippen LogP contribution is 2.23. The van der Waals surface area contributed by atoms with Gasteiger partial charge in [-0.2, -0.15) is 0 Å². The van der Waals surface area contributed by atoms with E-state index < -0.39 is 18.2 Å². The molecule has 19 heavy (non-hydrogen) atoms. The van der Waals surface area contributed by atoms with Crippen molar-refractivity contribution in [2.45, 2.75) is 19.1 Å². The van der Waals surface area contributed by atoms with E-state index in [1.165, 1.54) is 12.3 Å². The summed E-state index contributed by atoms with van der Waals surface area (Å²) in [5.41, 5.74) is 0.627. The highest BCUT2D eigenvalue weighted by molar-refractivity contribution is 6.29. The number of aromatic nitrogens is 1. The summed E-state index contributed by atoms with van der Waals surface area (Å²) >= 11 is 5.79. The van der Waals surface area contributed by atoms with E-state index >= 15 is 0 Å². The predicted molar refractivity (Wildman–Crippen MR) is 68.3 cm³/mol. The fourth-order valence-corrected chi connectivity index (χ4v) is 1.94. The molecule has 2 heterocycles. The number of carbonyl (C=O) groups is 1. The molecule has 1 aromatic heterocycles. The molecular formula is C12H14ClFN2O3. The Bertz CT molecular complexity index is 472. The maximum atomic E-state index is 13.5. The fraction of sp³-hybridized carbons (Fsp3) is 0.500. The van der Waals surface area contributed by atoms with Gasteiger partial charge in [0.15, 0.2) is 0 Å². The largest absolute Gasteiger partial charge is 0.462 e. The Morgan fingerprint density at radius 3 is 3.11 bits per heavy atom. The van der Waals surface area contributed by atoms with Crippen LogP contribution in [-0.2, 0) is 9.47 Å². The van der Waals surface area contributed by atoms with Crippen LogP contribution >= 0.6 is 11.6 Å². The number of pyridine rings is 1. The normalized spacial score (nSPS) is 22.3. The second-order valence-corrected chi connectivity index (χ2v) is 4.46. The van der Waals surface area contributed by atoms with E-state index in [4.69, 9.17) is 21.1 Å². The zero-order valence-corrected chi connectivity index (χ0v) is 11.1. The molecule has 1 aliphatic heterocycles. The first-order chi connectivity index (χ1) is 9.11. The molecule has 1 aliphatic rings. The highest BCUT2D eigenvalue weighted by Gasteiger charge is 2.29. The fourth-order valence-electron chi connectivity index (χ4n) is 1.78. The molecule has 5 nitrogen and oxygen atoms in total. The first-order valence-corrected chi connectivity index (χ1v) is 6.30. The number of halogens is 2. The Morgan fingerprint density at radius 1 is 1.68 bits per heavy atom. The standard InChI is InChI=1S/C12H14ClFN2O3/c1-2-19-12(17)7-4-15-11(13)3-9(7)16-10-6-18-5-8(10)14/h3-4,8,10H,2,5-6H2,1H3,(H,15,16)/t8-,10-/m1/s1. The Balaban J connectivity index is 2.21. The highest BCUT2D eigenvalue weighted by atomic mass is 35.5. The second-order valence-electron chi connectivity index (χ2n) is 4.08. The van der Waals surface area contributed by atoms with Gasteiger partial charge in [0.2, 0.25) is 0 Å². The monoisotopic (exact) mass is 288 g/mol. The predicted octanol–water partition coefficient (Wildman–Crippen LogP) is 2.06. The smallest absolute Gasteiger partial charge is 0.341 e. The molecule has 0 aliphatic carbocycles. The Hall–Kier alpha value is -1.40. The number of rotatable bonds is 4. The van der Waals surface area contributed by atoms with Crippen molar-refractivity contribution in [3.63, 3.8) is 0 Å². The van der Waals surface area contributed by atoms with Crippen LogP contribution in [0.2, 0.25) is 5.15 Å². The summed E-state index contributed by atoms with van der Waals surface area (Å²) < 4.78 is 23.4. The summed E-state index contributed by atoms with van der Waals surface area (Å²) in [6.07, 6.45) is 0.188. The molecule has 7 heteroatoms. The van der Waals surface area contributed by atoms with Crippen molar-refractivity contribution < 1.29 is 18.7 Å². The van der Waals surface area contributed by atoms with Gasteiger partial charge in [-0.05, 0) is 13.0 Å². The lowest BCUT2D eigenvalue weighted by Crippen LogP contribution is -2.30. The summed E-state index contributed by atoms with van der Waals surface area (Å²) in [4.78, 5) is 15.6. The van der Waals surface area contributed by atoms with Crippen LogP contribution in [0, 0.1) is 0 Å². The number of esters is 1. The van der Waals surface area contributed by atoms with Gasteiger partial charge in [0.05, 0.1) is 31.5 Å². The minimum Gasteiger partial charge on any atom is -0.462 e. The lowest BCUT2D eigenvalue weighted by Gasteiger charge is -2.17. The molecule has 0 aromatic carbocycles. The van der Waals surface area contributed by atoms with Crippen LogP contribution in [0.1, 0.15) is 17.3 Å². The van der Waals surface area contributed by atoms with Crippen molar-refractivity contribution in [2.24, 2.45) is 0 Å². The van der Waals surface area contributed by atoms with E-state index in [0.717, 1.165) is 0 Å². The molecule has 0 saturated carbocycles. The van der Waals surface area contributed by atoms with Crippen LogP contribution < -0.4 is 5.32 Å². The second kappa shape index (κ2) is 6.16. The number of hydrogen-bond acceptors (Lipinski definition) is 5. The van der Waals surface area contributed by atoms with Gasteiger partial charge in [-0.3, -0.25) is 0 Å². The van der Waals surface area contributed by atoms with Crippen LogP contribution in [0.5, 0.6) is 0 Å². The van der Waals surface area contributed by atoms with Gasteiger partial charge < -0.3 is 14.8 Å². The van der Waals surface area contributed by atoms with Crippen molar-refractivity contribution in [3.8, 4) is 0 Å². The topological polar surface area (TPSA) is 60.5 Å². The molecule has 0 spiro atoms. The van der Waals surface area contributed by atoms with E-state index in [1.807, 2.05) is 0 Å². The lowest BCUT2D eigenvalue weighted by molar-refractivity contribution is 0.0527. The Morgan fingerprint density at radius 2 is 2.47 bits per heavy atom. The molecule has 1 aromatic rings. The molecular weight excluding hydrogens is 275 g/mol. The Kier molecular flexibility index (Phi) is 4.55. The number of carbonyl (C=O) groups excluding carboxylic acids is 1. The average Bonchev–Trinajstić information content (AvgIpc) is 2.75. The first-order valence-electron chi connectivity index (χ1n) is 5.92.